The maximum absolute atomic E-state index is 13.9. The predicted molar refractivity (Wildman–Crippen MR) is 260 cm³/mol. The number of rotatable bonds is 20. The van der Waals surface area contributed by atoms with Crippen molar-refractivity contribution in [3.8, 4) is 22.3 Å². The van der Waals surface area contributed by atoms with Crippen LogP contribution in [0.3, 0.4) is 0 Å². The number of anilines is 2. The van der Waals surface area contributed by atoms with Crippen molar-refractivity contribution in [1.29, 1.82) is 5.26 Å². The molecule has 0 spiro atoms. The van der Waals surface area contributed by atoms with Gasteiger partial charge in [-0.25, -0.2) is 4.98 Å². The van der Waals surface area contributed by atoms with Crippen LogP contribution < -0.4 is 25.2 Å². The van der Waals surface area contributed by atoms with Gasteiger partial charge in [0.2, 0.25) is 17.7 Å². The van der Waals surface area contributed by atoms with Gasteiger partial charge >= 0.3 is 6.18 Å². The van der Waals surface area contributed by atoms with E-state index in [-0.39, 0.29) is 42.4 Å². The van der Waals surface area contributed by atoms with E-state index in [0.717, 1.165) is 58.0 Å². The normalized spacial score (nSPS) is 16.4. The standard InChI is InChI=1S/C50H58F3N7O7S2/c1-32-42(69-31-56-32)34-14-12-33(13-15-34)29-55-44(62)40-11-10-22-58(40)45(63)43(48(2,3)4)57-41(61)30-66-26-25-65-23-8-7-9-24-67-38-20-18-36(19-21-38)60-47(68)59(46(64)49(60,5)6)37-17-16-35(28-54)39(27-37)50(51,52)53/h12-21,27,31,40,43H,7-11,22-26,29-30H2,1-6H3,(H,55,62)(H,57,61)/t40-,43?/m0/s1. The topological polar surface area (TPSA) is 166 Å². The number of likely N-dealkylation sites (tertiary alicyclic amines) is 1. The minimum Gasteiger partial charge on any atom is -0.494 e. The van der Waals surface area contributed by atoms with Gasteiger partial charge < -0.3 is 34.6 Å². The molecule has 2 fully saturated rings. The van der Waals surface area contributed by atoms with Crippen LogP contribution in [0.25, 0.3) is 10.4 Å². The van der Waals surface area contributed by atoms with Crippen molar-refractivity contribution in [2.24, 2.45) is 5.41 Å². The van der Waals surface area contributed by atoms with Gasteiger partial charge in [0.25, 0.3) is 5.91 Å². The Kier molecular flexibility index (Phi) is 17.2. The summed E-state index contributed by atoms with van der Waals surface area (Å²) in [5.74, 6) is -0.901. The largest absolute Gasteiger partial charge is 0.494 e. The van der Waals surface area contributed by atoms with Gasteiger partial charge in [0.1, 0.15) is 30.0 Å². The molecule has 0 aliphatic carbocycles. The van der Waals surface area contributed by atoms with Gasteiger partial charge in [-0.05, 0) is 124 Å². The molecule has 69 heavy (non-hydrogen) atoms. The molecule has 4 amide bonds. The van der Waals surface area contributed by atoms with Gasteiger partial charge in [0.15, 0.2) is 5.11 Å². The fourth-order valence-corrected chi connectivity index (χ4v) is 9.52. The van der Waals surface area contributed by atoms with Crippen LogP contribution in [0.1, 0.15) is 89.1 Å². The Morgan fingerprint density at radius 3 is 2.29 bits per heavy atom. The number of aromatic nitrogens is 1. The lowest BCUT2D eigenvalue weighted by atomic mass is 9.85. The third kappa shape index (κ3) is 12.8. The maximum atomic E-state index is 13.9. The highest BCUT2D eigenvalue weighted by atomic mass is 32.1. The van der Waals surface area contributed by atoms with E-state index in [9.17, 15) is 37.6 Å². The zero-order valence-electron chi connectivity index (χ0n) is 39.6. The maximum Gasteiger partial charge on any atom is 0.417 e. The summed E-state index contributed by atoms with van der Waals surface area (Å²) in [6.45, 7) is 12.7. The van der Waals surface area contributed by atoms with E-state index in [1.165, 1.54) is 6.07 Å². The number of hydrogen-bond acceptors (Lipinski definition) is 11. The summed E-state index contributed by atoms with van der Waals surface area (Å²) in [6, 6.07) is 18.0. The van der Waals surface area contributed by atoms with E-state index in [0.29, 0.717) is 50.6 Å². The van der Waals surface area contributed by atoms with Gasteiger partial charge in [0, 0.05) is 25.4 Å². The number of hydrogen-bond donors (Lipinski definition) is 2. The Labute approximate surface area is 410 Å². The lowest BCUT2D eigenvalue weighted by Crippen LogP contribution is -2.58. The molecule has 2 saturated heterocycles. The fraction of sp³-hybridized carbons (Fsp3) is 0.460. The number of aryl methyl sites for hydroxylation is 1. The van der Waals surface area contributed by atoms with Crippen molar-refractivity contribution in [1.82, 2.24) is 20.5 Å². The molecule has 2 N–H and O–H groups in total. The van der Waals surface area contributed by atoms with Crippen molar-refractivity contribution < 1.29 is 46.6 Å². The first-order chi connectivity index (χ1) is 32.7. The molecule has 3 aromatic carbocycles. The summed E-state index contributed by atoms with van der Waals surface area (Å²) in [4.78, 5) is 63.4. The van der Waals surface area contributed by atoms with Crippen molar-refractivity contribution in [2.75, 3.05) is 49.4 Å². The second-order valence-electron chi connectivity index (χ2n) is 18.5. The Balaban J connectivity index is 0.857. The molecule has 368 valence electrons. The van der Waals surface area contributed by atoms with Gasteiger partial charge in [-0.3, -0.25) is 24.1 Å². The van der Waals surface area contributed by atoms with Crippen LogP contribution in [0.5, 0.6) is 5.75 Å². The van der Waals surface area contributed by atoms with Gasteiger partial charge in [-0.1, -0.05) is 45.0 Å². The van der Waals surface area contributed by atoms with Crippen LogP contribution in [0.4, 0.5) is 24.5 Å². The van der Waals surface area contributed by atoms with Gasteiger partial charge in [-0.2, -0.15) is 18.4 Å². The Morgan fingerprint density at radius 2 is 1.64 bits per heavy atom. The highest BCUT2D eigenvalue weighted by Crippen LogP contribution is 2.40. The molecule has 0 saturated carbocycles. The Bertz CT molecular complexity index is 2520. The molecule has 3 heterocycles. The van der Waals surface area contributed by atoms with Crippen molar-refractivity contribution in [3.05, 3.63) is 94.6 Å². The lowest BCUT2D eigenvalue weighted by Gasteiger charge is -2.35. The van der Waals surface area contributed by atoms with Crippen LogP contribution >= 0.6 is 23.6 Å². The van der Waals surface area contributed by atoms with Crippen molar-refractivity contribution in [2.45, 2.75) is 104 Å². The zero-order chi connectivity index (χ0) is 50.1. The Morgan fingerprint density at radius 1 is 0.957 bits per heavy atom. The summed E-state index contributed by atoms with van der Waals surface area (Å²) in [5.41, 5.74) is 1.72. The predicted octanol–water partition coefficient (Wildman–Crippen LogP) is 8.35. The molecule has 2 aliphatic rings. The molecule has 14 nitrogen and oxygen atoms in total. The van der Waals surface area contributed by atoms with E-state index in [4.69, 9.17) is 26.4 Å². The molecule has 2 aliphatic heterocycles. The molecule has 0 radical (unpaired) electrons. The monoisotopic (exact) mass is 989 g/mol. The summed E-state index contributed by atoms with van der Waals surface area (Å²) in [6.07, 6.45) is -1.24. The van der Waals surface area contributed by atoms with Crippen LogP contribution in [0.2, 0.25) is 0 Å². The van der Waals surface area contributed by atoms with Crippen LogP contribution in [0, 0.1) is 23.7 Å². The van der Waals surface area contributed by atoms with Crippen molar-refractivity contribution in [3.63, 3.8) is 0 Å². The van der Waals surface area contributed by atoms with Crippen LogP contribution in [0.15, 0.2) is 72.2 Å². The number of carbonyl (C=O) groups is 4. The van der Waals surface area contributed by atoms with E-state index in [1.807, 2.05) is 57.5 Å². The number of nitrogens with zero attached hydrogens (tertiary/aromatic N) is 5. The highest BCUT2D eigenvalue weighted by molar-refractivity contribution is 7.81. The number of carbonyl (C=O) groups excluding carboxylic acids is 4. The number of thiocarbonyl (C=S) groups is 1. The van der Waals surface area contributed by atoms with Crippen LogP contribution in [-0.4, -0.2) is 95.8 Å². The third-order valence-corrected chi connectivity index (χ3v) is 13.3. The first-order valence-electron chi connectivity index (χ1n) is 22.8. The van der Waals surface area contributed by atoms with Crippen LogP contribution in [-0.2, 0) is 41.4 Å². The highest BCUT2D eigenvalue weighted by Gasteiger charge is 2.51. The summed E-state index contributed by atoms with van der Waals surface area (Å²) >= 11 is 7.21. The molecule has 1 aromatic heterocycles. The number of thiazole rings is 1. The molecule has 1 unspecified atom stereocenters. The number of unbranched alkanes of at least 4 members (excludes halogenated alkanes) is 2. The van der Waals surface area contributed by atoms with E-state index in [1.54, 1.807) is 65.3 Å². The Hall–Kier alpha value is -5.94. The number of amides is 4. The molecule has 2 atom stereocenters. The minimum absolute atomic E-state index is 0.00186. The summed E-state index contributed by atoms with van der Waals surface area (Å²) in [5, 5.41) is 15.0. The first-order valence-corrected chi connectivity index (χ1v) is 24.1. The number of nitriles is 1. The molecular weight excluding hydrogens is 932 g/mol. The lowest BCUT2D eigenvalue weighted by molar-refractivity contribution is -0.144. The summed E-state index contributed by atoms with van der Waals surface area (Å²) in [7, 11) is 0. The molecule has 4 aromatic rings. The molecule has 19 heteroatoms. The fourth-order valence-electron chi connectivity index (χ4n) is 8.19. The van der Waals surface area contributed by atoms with E-state index >= 15 is 0 Å². The van der Waals surface area contributed by atoms with Gasteiger partial charge in [0.05, 0.1) is 58.8 Å². The number of halogens is 3. The second-order valence-corrected chi connectivity index (χ2v) is 19.7. The van der Waals surface area contributed by atoms with Crippen molar-refractivity contribution >= 4 is 63.7 Å². The smallest absolute Gasteiger partial charge is 0.417 e. The van der Waals surface area contributed by atoms with E-state index in [2.05, 4.69) is 15.6 Å². The summed E-state index contributed by atoms with van der Waals surface area (Å²) < 4.78 is 58.3. The number of nitrogens with one attached hydrogen (secondary N) is 2. The van der Waals surface area contributed by atoms with Gasteiger partial charge in [-0.15, -0.1) is 11.3 Å². The number of alkyl halides is 3. The van der Waals surface area contributed by atoms with E-state index < -0.39 is 52.2 Å². The average molecular weight is 990 g/mol. The third-order valence-electron chi connectivity index (χ3n) is 11.9. The molecule has 6 rings (SSSR count). The molecule has 0 bridgehead atoms. The average Bonchev–Trinajstić information content (AvgIpc) is 4.02. The second kappa shape index (κ2) is 22.7. The zero-order valence-corrected chi connectivity index (χ0v) is 41.2. The molecular formula is C50H58F3N7O7S2. The number of ether oxygens (including phenoxy) is 3. The number of benzene rings is 3. The minimum atomic E-state index is -4.80. The first kappa shape index (κ1) is 52.4. The SMILES string of the molecule is Cc1ncsc1-c1ccc(CNC(=O)[C@@H]2CCCN2C(=O)C(NC(=O)COCCOCCCCCOc2ccc(N3C(=S)N(c4ccc(C#N)c(C(F)(F)F)c4)C(=O)C3(C)C)cc2)C(C)(C)C)cc1. The quantitative estimate of drug-likeness (QED) is 0.0646.